The average molecular weight is 252 g/mol. The minimum absolute atomic E-state index is 0.0653. The van der Waals surface area contributed by atoms with Gasteiger partial charge < -0.3 is 9.84 Å². The lowest BCUT2D eigenvalue weighted by Crippen LogP contribution is -2.19. The summed E-state index contributed by atoms with van der Waals surface area (Å²) in [6.07, 6.45) is 4.08. The molecule has 1 saturated carbocycles. The summed E-state index contributed by atoms with van der Waals surface area (Å²) in [7, 11) is 1.71. The number of aryl methyl sites for hydroxylation is 1. The largest absolute Gasteiger partial charge is 0.496 e. The Morgan fingerprint density at radius 1 is 1.24 bits per heavy atom. The minimum atomic E-state index is -0.0653. The first-order valence-corrected chi connectivity index (χ1v) is 7.06. The molecule has 2 rings (SSSR count). The number of hydrogen-bond donors (Lipinski definition) is 1. The third-order valence-corrected chi connectivity index (χ3v) is 4.64. The third-order valence-electron chi connectivity index (χ3n) is 3.31. The van der Waals surface area contributed by atoms with Crippen molar-refractivity contribution in [1.82, 2.24) is 0 Å². The van der Waals surface area contributed by atoms with Crippen LogP contribution in [0.1, 0.15) is 31.2 Å². The fraction of sp³-hybridized carbons (Fsp3) is 0.571. The molecule has 0 aliphatic heterocycles. The van der Waals surface area contributed by atoms with Crippen LogP contribution < -0.4 is 4.74 Å². The molecule has 0 saturated heterocycles. The molecule has 1 aromatic rings. The predicted molar refractivity (Wildman–Crippen MR) is 71.9 cm³/mol. The zero-order valence-corrected chi connectivity index (χ0v) is 11.3. The van der Waals surface area contributed by atoms with Crippen LogP contribution in [0.2, 0.25) is 0 Å². The van der Waals surface area contributed by atoms with Gasteiger partial charge in [0.15, 0.2) is 0 Å². The van der Waals surface area contributed by atoms with Crippen LogP contribution in [0.5, 0.6) is 5.75 Å². The van der Waals surface area contributed by atoms with Crippen LogP contribution >= 0.6 is 11.8 Å². The van der Waals surface area contributed by atoms with E-state index in [2.05, 4.69) is 19.1 Å². The van der Waals surface area contributed by atoms with Crippen molar-refractivity contribution in [2.45, 2.75) is 48.9 Å². The van der Waals surface area contributed by atoms with Crippen LogP contribution in [0.25, 0.3) is 0 Å². The average Bonchev–Trinajstić information content (AvgIpc) is 2.32. The summed E-state index contributed by atoms with van der Waals surface area (Å²) in [5.41, 5.74) is 1.19. The lowest BCUT2D eigenvalue weighted by atomic mass is 9.97. The molecule has 1 aromatic carbocycles. The number of aliphatic hydroxyl groups excluding tert-OH is 1. The molecule has 1 N–H and O–H groups in total. The Morgan fingerprint density at radius 3 is 2.53 bits per heavy atom. The molecule has 0 heterocycles. The molecule has 0 unspecified atom stereocenters. The number of benzene rings is 1. The standard InChI is InChI=1S/C14H20O2S/c1-10-9-13(7-8-14(10)16-2)17-12-5-3-11(15)4-6-12/h7-9,11-12,15H,3-6H2,1-2H3. The van der Waals surface area contributed by atoms with E-state index in [1.165, 1.54) is 10.5 Å². The van der Waals surface area contributed by atoms with Crippen LogP contribution in [0.4, 0.5) is 0 Å². The maximum absolute atomic E-state index is 9.48. The second-order valence-corrected chi connectivity index (χ2v) is 6.05. The van der Waals surface area contributed by atoms with E-state index in [9.17, 15) is 5.11 Å². The summed E-state index contributed by atoms with van der Waals surface area (Å²) < 4.78 is 5.26. The van der Waals surface area contributed by atoms with E-state index in [4.69, 9.17) is 4.74 Å². The quantitative estimate of drug-likeness (QED) is 0.894. The smallest absolute Gasteiger partial charge is 0.121 e. The van der Waals surface area contributed by atoms with Crippen LogP contribution in [-0.4, -0.2) is 23.6 Å². The SMILES string of the molecule is COc1ccc(SC2CCC(O)CC2)cc1C. The monoisotopic (exact) mass is 252 g/mol. The molecule has 0 spiro atoms. The first kappa shape index (κ1) is 12.8. The number of aliphatic hydroxyl groups is 1. The van der Waals surface area contributed by atoms with E-state index in [1.807, 2.05) is 17.8 Å². The lowest BCUT2D eigenvalue weighted by Gasteiger charge is -2.25. The summed E-state index contributed by atoms with van der Waals surface area (Å²) in [6.45, 7) is 2.08. The summed E-state index contributed by atoms with van der Waals surface area (Å²) in [5.74, 6) is 0.952. The second-order valence-electron chi connectivity index (χ2n) is 4.68. The van der Waals surface area contributed by atoms with Crippen LogP contribution in [-0.2, 0) is 0 Å². The summed E-state index contributed by atoms with van der Waals surface area (Å²) in [5, 5.41) is 10.1. The lowest BCUT2D eigenvalue weighted by molar-refractivity contribution is 0.132. The van der Waals surface area contributed by atoms with Gasteiger partial charge in [0.25, 0.3) is 0 Å². The molecule has 0 aromatic heterocycles. The number of methoxy groups -OCH3 is 1. The molecule has 0 amide bonds. The zero-order valence-electron chi connectivity index (χ0n) is 10.5. The molecule has 0 bridgehead atoms. The van der Waals surface area contributed by atoms with E-state index >= 15 is 0 Å². The predicted octanol–water partition coefficient (Wildman–Crippen LogP) is 3.40. The highest BCUT2D eigenvalue weighted by Gasteiger charge is 2.20. The molecule has 17 heavy (non-hydrogen) atoms. The first-order chi connectivity index (χ1) is 8.19. The number of ether oxygens (including phenoxy) is 1. The van der Waals surface area contributed by atoms with Crippen LogP contribution in [0, 0.1) is 6.92 Å². The van der Waals surface area contributed by atoms with E-state index < -0.39 is 0 Å². The van der Waals surface area contributed by atoms with E-state index in [-0.39, 0.29) is 6.10 Å². The Balaban J connectivity index is 1.97. The van der Waals surface area contributed by atoms with Gasteiger partial charge in [-0.25, -0.2) is 0 Å². The molecule has 0 atom stereocenters. The fourth-order valence-electron chi connectivity index (χ4n) is 2.28. The van der Waals surface area contributed by atoms with E-state index in [1.54, 1.807) is 7.11 Å². The van der Waals surface area contributed by atoms with Crippen molar-refractivity contribution in [1.29, 1.82) is 0 Å². The van der Waals surface area contributed by atoms with Crippen molar-refractivity contribution in [3.8, 4) is 5.75 Å². The maximum atomic E-state index is 9.48. The molecular formula is C14H20O2S. The van der Waals surface area contributed by atoms with Gasteiger partial charge in [-0.2, -0.15) is 0 Å². The molecule has 94 valence electrons. The van der Waals surface area contributed by atoms with Crippen molar-refractivity contribution in [2.75, 3.05) is 7.11 Å². The summed E-state index contributed by atoms with van der Waals surface area (Å²) in [4.78, 5) is 1.31. The van der Waals surface area contributed by atoms with Gasteiger partial charge in [0.1, 0.15) is 5.75 Å². The Bertz CT molecular complexity index is 370. The van der Waals surface area contributed by atoms with Crippen molar-refractivity contribution in [3.05, 3.63) is 23.8 Å². The highest BCUT2D eigenvalue weighted by Crippen LogP contribution is 2.35. The van der Waals surface area contributed by atoms with E-state index in [0.717, 1.165) is 31.4 Å². The van der Waals surface area contributed by atoms with Gasteiger partial charge in [-0.1, -0.05) is 0 Å². The van der Waals surface area contributed by atoms with Crippen molar-refractivity contribution < 1.29 is 9.84 Å². The fourth-order valence-corrected chi connectivity index (χ4v) is 3.56. The normalized spacial score (nSPS) is 24.6. The van der Waals surface area contributed by atoms with Crippen molar-refractivity contribution >= 4 is 11.8 Å². The highest BCUT2D eigenvalue weighted by atomic mass is 32.2. The first-order valence-electron chi connectivity index (χ1n) is 6.18. The van der Waals surface area contributed by atoms with Gasteiger partial charge in [-0.3, -0.25) is 0 Å². The second kappa shape index (κ2) is 5.78. The summed E-state index contributed by atoms with van der Waals surface area (Å²) in [6, 6.07) is 6.35. The van der Waals surface area contributed by atoms with Crippen LogP contribution in [0.15, 0.2) is 23.1 Å². The van der Waals surface area contributed by atoms with Crippen molar-refractivity contribution in [3.63, 3.8) is 0 Å². The Kier molecular flexibility index (Phi) is 4.35. The molecule has 0 radical (unpaired) electrons. The third kappa shape index (κ3) is 3.39. The van der Waals surface area contributed by atoms with Crippen LogP contribution in [0.3, 0.4) is 0 Å². The molecule has 1 fully saturated rings. The van der Waals surface area contributed by atoms with Gasteiger partial charge in [0.2, 0.25) is 0 Å². The Labute approximate surface area is 107 Å². The van der Waals surface area contributed by atoms with Gasteiger partial charge >= 0.3 is 0 Å². The van der Waals surface area contributed by atoms with Gasteiger partial charge in [0.05, 0.1) is 13.2 Å². The van der Waals surface area contributed by atoms with Gasteiger partial charge in [-0.15, -0.1) is 11.8 Å². The van der Waals surface area contributed by atoms with E-state index in [0.29, 0.717) is 5.25 Å². The molecule has 2 nitrogen and oxygen atoms in total. The molecular weight excluding hydrogens is 232 g/mol. The van der Waals surface area contributed by atoms with Gasteiger partial charge in [0, 0.05) is 10.1 Å². The maximum Gasteiger partial charge on any atom is 0.121 e. The highest BCUT2D eigenvalue weighted by molar-refractivity contribution is 8.00. The Morgan fingerprint density at radius 2 is 1.94 bits per heavy atom. The number of thioether (sulfide) groups is 1. The molecule has 1 aliphatic carbocycles. The number of rotatable bonds is 3. The molecule has 3 heteroatoms. The molecule has 1 aliphatic rings. The Hall–Kier alpha value is -0.670. The minimum Gasteiger partial charge on any atom is -0.496 e. The zero-order chi connectivity index (χ0) is 12.3. The number of hydrogen-bond acceptors (Lipinski definition) is 3. The summed E-state index contributed by atoms with van der Waals surface area (Å²) >= 11 is 1.93. The topological polar surface area (TPSA) is 29.5 Å². The van der Waals surface area contributed by atoms with Gasteiger partial charge in [-0.05, 0) is 56.4 Å². The van der Waals surface area contributed by atoms with Crippen molar-refractivity contribution in [2.24, 2.45) is 0 Å².